The van der Waals surface area contributed by atoms with Crippen LogP contribution < -0.4 is 5.73 Å². The number of nitrogens with zero attached hydrogens (tertiary/aromatic N) is 2. The van der Waals surface area contributed by atoms with E-state index in [1.54, 1.807) is 0 Å². The Bertz CT molecular complexity index is 315. The van der Waals surface area contributed by atoms with Crippen molar-refractivity contribution in [2.24, 2.45) is 18.2 Å². The molecule has 15 heavy (non-hydrogen) atoms. The van der Waals surface area contributed by atoms with Crippen LogP contribution in [0.15, 0.2) is 12.4 Å². The van der Waals surface area contributed by atoms with Crippen LogP contribution in [0.2, 0.25) is 0 Å². The Labute approximate surface area is 90.4 Å². The first-order valence-corrected chi connectivity index (χ1v) is 5.49. The van der Waals surface area contributed by atoms with Gasteiger partial charge < -0.3 is 10.5 Å². The summed E-state index contributed by atoms with van der Waals surface area (Å²) >= 11 is 0. The number of hydrogen-bond donors (Lipinski definition) is 1. The van der Waals surface area contributed by atoms with Crippen molar-refractivity contribution in [3.63, 3.8) is 0 Å². The van der Waals surface area contributed by atoms with Gasteiger partial charge in [0.1, 0.15) is 0 Å². The Hall–Kier alpha value is -0.870. The van der Waals surface area contributed by atoms with Crippen molar-refractivity contribution < 1.29 is 4.74 Å². The molecular formula is C11H19N3O. The van der Waals surface area contributed by atoms with Crippen LogP contribution in [0.25, 0.3) is 0 Å². The first-order valence-electron chi connectivity index (χ1n) is 5.49. The number of aryl methyl sites for hydroxylation is 1. The van der Waals surface area contributed by atoms with Crippen LogP contribution in [0, 0.1) is 5.41 Å². The molecule has 1 saturated heterocycles. The zero-order valence-electron chi connectivity index (χ0n) is 9.28. The molecule has 0 saturated carbocycles. The second-order valence-electron chi connectivity index (χ2n) is 4.52. The summed E-state index contributed by atoms with van der Waals surface area (Å²) in [6.45, 7) is 2.43. The predicted octanol–water partition coefficient (Wildman–Crippen LogP) is 0.718. The van der Waals surface area contributed by atoms with Crippen molar-refractivity contribution >= 4 is 0 Å². The Kier molecular flexibility index (Phi) is 3.07. The molecule has 0 amide bonds. The van der Waals surface area contributed by atoms with E-state index in [0.29, 0.717) is 0 Å². The molecule has 4 nitrogen and oxygen atoms in total. The first kappa shape index (κ1) is 10.6. The van der Waals surface area contributed by atoms with Crippen LogP contribution in [0.5, 0.6) is 0 Å². The molecule has 4 heteroatoms. The van der Waals surface area contributed by atoms with Crippen LogP contribution in [0.4, 0.5) is 0 Å². The van der Waals surface area contributed by atoms with Crippen LogP contribution in [0.1, 0.15) is 18.4 Å². The SMILES string of the molecule is Cn1cc(CC2(CN)CCOCC2)cn1. The van der Waals surface area contributed by atoms with E-state index in [4.69, 9.17) is 10.5 Å². The van der Waals surface area contributed by atoms with E-state index in [2.05, 4.69) is 11.3 Å². The predicted molar refractivity (Wildman–Crippen MR) is 58.5 cm³/mol. The van der Waals surface area contributed by atoms with E-state index in [-0.39, 0.29) is 5.41 Å². The van der Waals surface area contributed by atoms with Gasteiger partial charge in [-0.2, -0.15) is 5.10 Å². The minimum Gasteiger partial charge on any atom is -0.381 e. The third-order valence-electron chi connectivity index (χ3n) is 3.32. The second kappa shape index (κ2) is 4.33. The van der Waals surface area contributed by atoms with E-state index in [1.165, 1.54) is 5.56 Å². The maximum atomic E-state index is 5.91. The van der Waals surface area contributed by atoms with Crippen LogP contribution in [-0.4, -0.2) is 29.5 Å². The Balaban J connectivity index is 2.06. The minimum atomic E-state index is 0.237. The van der Waals surface area contributed by atoms with Gasteiger partial charge in [0.25, 0.3) is 0 Å². The standard InChI is InChI=1S/C11H19N3O/c1-14-8-10(7-13-14)6-11(9-12)2-4-15-5-3-11/h7-8H,2-6,9,12H2,1H3. The molecule has 2 rings (SSSR count). The normalized spacial score (nSPS) is 20.4. The summed E-state index contributed by atoms with van der Waals surface area (Å²) in [5.41, 5.74) is 7.43. The van der Waals surface area contributed by atoms with Gasteiger partial charge in [0.2, 0.25) is 0 Å². The van der Waals surface area contributed by atoms with Gasteiger partial charge in [-0.1, -0.05) is 0 Å². The van der Waals surface area contributed by atoms with E-state index < -0.39 is 0 Å². The molecule has 2 N–H and O–H groups in total. The van der Waals surface area contributed by atoms with Gasteiger partial charge in [0.15, 0.2) is 0 Å². The van der Waals surface area contributed by atoms with E-state index >= 15 is 0 Å². The summed E-state index contributed by atoms with van der Waals surface area (Å²) in [5.74, 6) is 0. The highest BCUT2D eigenvalue weighted by Crippen LogP contribution is 2.32. The van der Waals surface area contributed by atoms with Gasteiger partial charge in [-0.15, -0.1) is 0 Å². The highest BCUT2D eigenvalue weighted by atomic mass is 16.5. The third kappa shape index (κ3) is 2.38. The van der Waals surface area contributed by atoms with Crippen molar-refractivity contribution in [3.8, 4) is 0 Å². The highest BCUT2D eigenvalue weighted by molar-refractivity contribution is 5.08. The molecule has 1 fully saturated rings. The number of hydrogen-bond acceptors (Lipinski definition) is 3. The van der Waals surface area contributed by atoms with Crippen LogP contribution in [0.3, 0.4) is 0 Å². The van der Waals surface area contributed by atoms with E-state index in [0.717, 1.165) is 39.0 Å². The summed E-state index contributed by atoms with van der Waals surface area (Å²) in [4.78, 5) is 0. The van der Waals surface area contributed by atoms with Gasteiger partial charge in [-0.05, 0) is 36.8 Å². The lowest BCUT2D eigenvalue weighted by atomic mass is 9.76. The van der Waals surface area contributed by atoms with E-state index in [1.807, 2.05) is 17.9 Å². The second-order valence-corrected chi connectivity index (χ2v) is 4.52. The van der Waals surface area contributed by atoms with E-state index in [9.17, 15) is 0 Å². The summed E-state index contributed by atoms with van der Waals surface area (Å²) in [5, 5.41) is 4.19. The maximum absolute atomic E-state index is 5.91. The van der Waals surface area contributed by atoms with Crippen LogP contribution in [-0.2, 0) is 18.2 Å². The molecule has 0 spiro atoms. The fourth-order valence-corrected chi connectivity index (χ4v) is 2.25. The lowest BCUT2D eigenvalue weighted by Gasteiger charge is -2.35. The smallest absolute Gasteiger partial charge is 0.0521 e. The van der Waals surface area contributed by atoms with Gasteiger partial charge in [0.05, 0.1) is 6.20 Å². The summed E-state index contributed by atoms with van der Waals surface area (Å²) in [6, 6.07) is 0. The molecule has 84 valence electrons. The zero-order valence-corrected chi connectivity index (χ0v) is 9.28. The Morgan fingerprint density at radius 2 is 2.27 bits per heavy atom. The van der Waals surface area contributed by atoms with Crippen molar-refractivity contribution in [3.05, 3.63) is 18.0 Å². The number of aromatic nitrogens is 2. The average Bonchev–Trinajstić information content (AvgIpc) is 2.65. The maximum Gasteiger partial charge on any atom is 0.0521 e. The fraction of sp³-hybridized carbons (Fsp3) is 0.727. The molecule has 0 radical (unpaired) electrons. The lowest BCUT2D eigenvalue weighted by molar-refractivity contribution is 0.0191. The summed E-state index contributed by atoms with van der Waals surface area (Å²) < 4.78 is 7.24. The zero-order chi connectivity index (χ0) is 10.7. The molecule has 1 aromatic heterocycles. The summed E-state index contributed by atoms with van der Waals surface area (Å²) in [7, 11) is 1.95. The minimum absolute atomic E-state index is 0.237. The Morgan fingerprint density at radius 3 is 2.80 bits per heavy atom. The molecule has 0 unspecified atom stereocenters. The quantitative estimate of drug-likeness (QED) is 0.798. The van der Waals surface area contributed by atoms with Gasteiger partial charge >= 0.3 is 0 Å². The largest absolute Gasteiger partial charge is 0.381 e. The van der Waals surface area contributed by atoms with Crippen molar-refractivity contribution in [2.45, 2.75) is 19.3 Å². The lowest BCUT2D eigenvalue weighted by Crippen LogP contribution is -2.38. The molecule has 0 bridgehead atoms. The highest BCUT2D eigenvalue weighted by Gasteiger charge is 2.31. The van der Waals surface area contributed by atoms with Gasteiger partial charge in [0, 0.05) is 26.5 Å². The number of ether oxygens (including phenoxy) is 1. The number of nitrogens with two attached hydrogens (primary N) is 1. The third-order valence-corrected chi connectivity index (χ3v) is 3.32. The fourth-order valence-electron chi connectivity index (χ4n) is 2.25. The van der Waals surface area contributed by atoms with Gasteiger partial charge in [-0.25, -0.2) is 0 Å². The average molecular weight is 209 g/mol. The molecule has 1 aliphatic rings. The summed E-state index contributed by atoms with van der Waals surface area (Å²) in [6.07, 6.45) is 7.18. The first-order chi connectivity index (χ1) is 7.24. The molecular weight excluding hydrogens is 190 g/mol. The molecule has 2 heterocycles. The molecule has 0 atom stereocenters. The van der Waals surface area contributed by atoms with Crippen molar-refractivity contribution in [1.82, 2.24) is 9.78 Å². The van der Waals surface area contributed by atoms with Gasteiger partial charge in [-0.3, -0.25) is 4.68 Å². The molecule has 1 aliphatic heterocycles. The Morgan fingerprint density at radius 1 is 1.53 bits per heavy atom. The topological polar surface area (TPSA) is 53.1 Å². The van der Waals surface area contributed by atoms with Crippen molar-refractivity contribution in [2.75, 3.05) is 19.8 Å². The molecule has 0 aliphatic carbocycles. The molecule has 0 aromatic carbocycles. The number of rotatable bonds is 3. The van der Waals surface area contributed by atoms with Crippen molar-refractivity contribution in [1.29, 1.82) is 0 Å². The molecule has 1 aromatic rings. The van der Waals surface area contributed by atoms with Crippen LogP contribution >= 0.6 is 0 Å². The monoisotopic (exact) mass is 209 g/mol.